The van der Waals surface area contributed by atoms with E-state index < -0.39 is 64.4 Å². The fourth-order valence-electron chi connectivity index (χ4n) is 6.65. The average molecular weight is 1100 g/mol. The molecular formula is C42H38F6I2N2O6S2. The lowest BCUT2D eigenvalue weighted by Crippen LogP contribution is -2.30. The topological polar surface area (TPSA) is 111 Å². The zero-order valence-corrected chi connectivity index (χ0v) is 37.7. The first-order valence-corrected chi connectivity index (χ1v) is 23.6. The van der Waals surface area contributed by atoms with Gasteiger partial charge in [-0.15, -0.1) is 6.58 Å². The molecule has 4 aromatic carbocycles. The van der Waals surface area contributed by atoms with Crippen LogP contribution in [0.5, 0.6) is 11.5 Å². The lowest BCUT2D eigenvalue weighted by Gasteiger charge is -2.22. The van der Waals surface area contributed by atoms with E-state index in [2.05, 4.69) is 22.6 Å². The first-order chi connectivity index (χ1) is 28.4. The molecule has 18 heteroatoms. The smallest absolute Gasteiger partial charge is 0.238 e. The molecule has 60 heavy (non-hydrogen) atoms. The molecular weight excluding hydrogens is 1060 g/mol. The summed E-state index contributed by atoms with van der Waals surface area (Å²) in [6.07, 6.45) is 7.90. The summed E-state index contributed by atoms with van der Waals surface area (Å²) in [6, 6.07) is 10.3. The Balaban J connectivity index is 0.000000202. The van der Waals surface area contributed by atoms with Crippen molar-refractivity contribution in [3.63, 3.8) is 0 Å². The maximum absolute atomic E-state index is 14.9. The van der Waals surface area contributed by atoms with E-state index in [4.69, 9.17) is 9.47 Å². The molecule has 320 valence electrons. The van der Waals surface area contributed by atoms with Crippen molar-refractivity contribution < 1.29 is 52.7 Å². The first kappa shape index (κ1) is 45.8. The molecule has 1 aliphatic heterocycles. The lowest BCUT2D eigenvalue weighted by atomic mass is 10.0. The van der Waals surface area contributed by atoms with Gasteiger partial charge in [0.2, 0.25) is 20.0 Å². The molecule has 0 saturated heterocycles. The summed E-state index contributed by atoms with van der Waals surface area (Å²) < 4.78 is 154. The minimum atomic E-state index is -3.98. The standard InChI is InChI=1S/C22H21F3INO3S.C20H17F3INO3S/c1-3-7-22(8-9-22)31(28,29)27-21-16(11-14-5-6-15(26)12-17(14)23)20(25)18(24)13-19(21)30-10-4-2;21-15-10-13(24)4-3-12(15)9-14-18(23)16(22)11-17-19(14)25-29(26,27)20(6-7-20)5-1-2-8-28-17/h3-6,12-13,27H,1-2,7-11H2;1-4,10-11,25H,5-9H2/b;2-1+. The molecule has 2 N–H and O–H groups in total. The summed E-state index contributed by atoms with van der Waals surface area (Å²) in [6.45, 7) is 7.13. The molecule has 8 nitrogen and oxygen atoms in total. The van der Waals surface area contributed by atoms with Crippen LogP contribution in [0.2, 0.25) is 0 Å². The van der Waals surface area contributed by atoms with E-state index in [1.807, 2.05) is 45.2 Å². The highest BCUT2D eigenvalue weighted by Crippen LogP contribution is 2.50. The van der Waals surface area contributed by atoms with Gasteiger partial charge >= 0.3 is 0 Å². The normalized spacial score (nSPS) is 17.4. The third-order valence-electron chi connectivity index (χ3n) is 10.4. The number of nitrogens with one attached hydrogen (secondary N) is 2. The van der Waals surface area contributed by atoms with Gasteiger partial charge in [-0.25, -0.2) is 43.2 Å². The van der Waals surface area contributed by atoms with Gasteiger partial charge in [0.15, 0.2) is 23.3 Å². The van der Waals surface area contributed by atoms with Crippen LogP contribution in [0.15, 0.2) is 86.0 Å². The number of ether oxygens (including phenoxy) is 2. The predicted molar refractivity (Wildman–Crippen MR) is 235 cm³/mol. The number of hydrogen-bond donors (Lipinski definition) is 2. The second-order valence-electron chi connectivity index (χ2n) is 14.5. The van der Waals surface area contributed by atoms with Gasteiger partial charge in [0, 0.05) is 43.2 Å². The maximum Gasteiger partial charge on any atom is 0.238 e. The van der Waals surface area contributed by atoms with E-state index in [9.17, 15) is 43.2 Å². The Morgan fingerprint density at radius 3 is 1.93 bits per heavy atom. The molecule has 0 unspecified atom stereocenters. The Bertz CT molecular complexity index is 2600. The number of hydrogen-bond acceptors (Lipinski definition) is 6. The van der Waals surface area contributed by atoms with Crippen molar-refractivity contribution in [2.75, 3.05) is 22.7 Å². The molecule has 1 heterocycles. The summed E-state index contributed by atoms with van der Waals surface area (Å²) in [4.78, 5) is 0. The van der Waals surface area contributed by atoms with Gasteiger partial charge in [-0.2, -0.15) is 0 Å². The lowest BCUT2D eigenvalue weighted by molar-refractivity contribution is 0.358. The van der Waals surface area contributed by atoms with Gasteiger partial charge < -0.3 is 9.47 Å². The van der Waals surface area contributed by atoms with E-state index in [1.165, 1.54) is 36.4 Å². The summed E-state index contributed by atoms with van der Waals surface area (Å²) >= 11 is 3.87. The van der Waals surface area contributed by atoms with Crippen LogP contribution in [-0.2, 0) is 32.9 Å². The SMILES string of the molecule is C=CCOc1cc(F)c(F)c(Cc2ccc(I)cc2F)c1NS(=O)(=O)C1(CC=C)CC1.O=S1(=O)Nc2c(cc(F)c(F)c2Cc2ccc(I)cc2F)OC/C=C/CC12CC2. The van der Waals surface area contributed by atoms with E-state index in [-0.39, 0.29) is 77.6 Å². The fraction of sp³-hybridized carbons (Fsp3) is 0.286. The van der Waals surface area contributed by atoms with Gasteiger partial charge in [0.1, 0.15) is 36.3 Å². The van der Waals surface area contributed by atoms with Crippen LogP contribution in [0.1, 0.15) is 60.8 Å². The second-order valence-corrected chi connectivity index (χ2v) is 21.2. The van der Waals surface area contributed by atoms with Crippen LogP contribution in [0.3, 0.4) is 0 Å². The first-order valence-electron chi connectivity index (χ1n) is 18.4. The van der Waals surface area contributed by atoms with Crippen molar-refractivity contribution in [2.24, 2.45) is 0 Å². The molecule has 2 saturated carbocycles. The highest BCUT2D eigenvalue weighted by Gasteiger charge is 2.55. The average Bonchev–Trinajstić information content (AvgIpc) is 4.13. The molecule has 0 amide bonds. The zero-order valence-electron chi connectivity index (χ0n) is 31.7. The van der Waals surface area contributed by atoms with Crippen LogP contribution >= 0.6 is 45.2 Å². The minimum absolute atomic E-state index is 0.0606. The van der Waals surface area contributed by atoms with Crippen molar-refractivity contribution in [2.45, 2.75) is 60.9 Å². The van der Waals surface area contributed by atoms with Crippen molar-refractivity contribution >= 4 is 76.6 Å². The van der Waals surface area contributed by atoms with E-state index >= 15 is 0 Å². The highest BCUT2D eigenvalue weighted by atomic mass is 127. The molecule has 1 spiro atoms. The van der Waals surface area contributed by atoms with Gasteiger partial charge in [0.05, 0.1) is 20.9 Å². The number of allylic oxidation sites excluding steroid dienone is 2. The minimum Gasteiger partial charge on any atom is -0.487 e. The van der Waals surface area contributed by atoms with Crippen molar-refractivity contribution in [3.05, 3.63) is 150 Å². The van der Waals surface area contributed by atoms with Crippen molar-refractivity contribution in [1.29, 1.82) is 0 Å². The van der Waals surface area contributed by atoms with Crippen LogP contribution in [-0.4, -0.2) is 39.5 Å². The van der Waals surface area contributed by atoms with Crippen LogP contribution in [0, 0.1) is 42.0 Å². The molecule has 0 aromatic heterocycles. The third-order valence-corrected chi connectivity index (χ3v) is 16.1. The summed E-state index contributed by atoms with van der Waals surface area (Å²) in [5, 5.41) is 0. The number of sulfonamides is 2. The molecule has 2 aliphatic carbocycles. The number of halogens is 8. The number of anilines is 2. The third kappa shape index (κ3) is 9.80. The summed E-state index contributed by atoms with van der Waals surface area (Å²) in [5.41, 5.74) is -0.833. The second kappa shape index (κ2) is 18.3. The zero-order chi connectivity index (χ0) is 43.6. The fourth-order valence-corrected chi connectivity index (χ4v) is 10.9. The molecule has 4 aromatic rings. The number of benzene rings is 4. The summed E-state index contributed by atoms with van der Waals surface area (Å²) in [7, 11) is -7.87. The Kier molecular flexibility index (Phi) is 14.0. The van der Waals surface area contributed by atoms with Gasteiger partial charge in [-0.1, -0.05) is 43.0 Å². The van der Waals surface area contributed by atoms with Gasteiger partial charge in [0.25, 0.3) is 0 Å². The molecule has 0 radical (unpaired) electrons. The monoisotopic (exact) mass is 1100 g/mol. The molecule has 0 atom stereocenters. The predicted octanol–water partition coefficient (Wildman–Crippen LogP) is 10.6. The summed E-state index contributed by atoms with van der Waals surface area (Å²) in [5.74, 6) is -6.43. The van der Waals surface area contributed by atoms with Gasteiger partial charge in [-0.05, 0) is 119 Å². The Morgan fingerprint density at radius 1 is 0.800 bits per heavy atom. The van der Waals surface area contributed by atoms with Crippen LogP contribution in [0.4, 0.5) is 37.7 Å². The van der Waals surface area contributed by atoms with E-state index in [0.29, 0.717) is 39.2 Å². The maximum atomic E-state index is 14.9. The van der Waals surface area contributed by atoms with Crippen molar-refractivity contribution in [3.8, 4) is 11.5 Å². The van der Waals surface area contributed by atoms with Crippen LogP contribution in [0.25, 0.3) is 0 Å². The Morgan fingerprint density at radius 2 is 1.38 bits per heavy atom. The molecule has 3 aliphatic rings. The number of fused-ring (bicyclic) bond motifs is 1. The largest absolute Gasteiger partial charge is 0.487 e. The Labute approximate surface area is 371 Å². The van der Waals surface area contributed by atoms with Gasteiger partial charge in [-0.3, -0.25) is 9.44 Å². The van der Waals surface area contributed by atoms with E-state index in [1.54, 1.807) is 24.3 Å². The van der Waals surface area contributed by atoms with E-state index in [0.717, 1.165) is 12.1 Å². The van der Waals surface area contributed by atoms with Crippen molar-refractivity contribution in [1.82, 2.24) is 0 Å². The molecule has 0 bridgehead atoms. The highest BCUT2D eigenvalue weighted by molar-refractivity contribution is 14.1. The quantitative estimate of drug-likeness (QED) is 0.0831. The van der Waals surface area contributed by atoms with Crippen LogP contribution < -0.4 is 18.9 Å². The molecule has 7 rings (SSSR count). The molecule has 2 fully saturated rings. The number of rotatable bonds is 12. The Hall–Kier alpha value is -3.76.